The molecule has 1 saturated heterocycles. The van der Waals surface area contributed by atoms with Crippen LogP contribution in [0.1, 0.15) is 24.5 Å². The quantitative estimate of drug-likeness (QED) is 0.807. The van der Waals surface area contributed by atoms with E-state index in [4.69, 9.17) is 16.3 Å². The van der Waals surface area contributed by atoms with Crippen molar-refractivity contribution in [3.8, 4) is 5.75 Å². The number of hydrogen-bond acceptors (Lipinski definition) is 5. The Kier molecular flexibility index (Phi) is 4.93. The highest BCUT2D eigenvalue weighted by atomic mass is 35.5. The Morgan fingerprint density at radius 2 is 1.77 bits per heavy atom. The first-order valence-corrected chi connectivity index (χ1v) is 9.31. The Morgan fingerprint density at radius 1 is 1.04 bits per heavy atom. The molecule has 0 bridgehead atoms. The fourth-order valence-electron chi connectivity index (χ4n) is 3.05. The minimum atomic E-state index is -0.00485. The first kappa shape index (κ1) is 17.1. The van der Waals surface area contributed by atoms with Crippen molar-refractivity contribution in [2.75, 3.05) is 37.7 Å². The van der Waals surface area contributed by atoms with Crippen LogP contribution in [0.4, 0.5) is 5.82 Å². The molecule has 1 saturated carbocycles. The summed E-state index contributed by atoms with van der Waals surface area (Å²) in [6.07, 6.45) is 2.46. The summed E-state index contributed by atoms with van der Waals surface area (Å²) in [5.74, 6) is 2.15. The number of nitrogens with zero attached hydrogens (tertiary/aromatic N) is 4. The van der Waals surface area contributed by atoms with E-state index < -0.39 is 0 Å². The van der Waals surface area contributed by atoms with E-state index in [1.165, 1.54) is 12.8 Å². The van der Waals surface area contributed by atoms with Crippen molar-refractivity contribution in [3.63, 3.8) is 0 Å². The molecule has 2 aromatic rings. The molecular formula is C19H21ClN4O2. The molecule has 26 heavy (non-hydrogen) atoms. The van der Waals surface area contributed by atoms with Crippen LogP contribution in [0.2, 0.25) is 5.02 Å². The van der Waals surface area contributed by atoms with Gasteiger partial charge in [-0.15, -0.1) is 5.10 Å². The Bertz CT molecular complexity index is 754. The third-order valence-electron chi connectivity index (χ3n) is 4.80. The second kappa shape index (κ2) is 7.50. The van der Waals surface area contributed by atoms with Crippen molar-refractivity contribution in [1.29, 1.82) is 0 Å². The minimum Gasteiger partial charge on any atom is -0.484 e. The van der Waals surface area contributed by atoms with E-state index in [-0.39, 0.29) is 12.5 Å². The summed E-state index contributed by atoms with van der Waals surface area (Å²) in [5.41, 5.74) is 1.10. The molecule has 6 nitrogen and oxygen atoms in total. The lowest BCUT2D eigenvalue weighted by Gasteiger charge is -2.35. The zero-order chi connectivity index (χ0) is 17.9. The van der Waals surface area contributed by atoms with Gasteiger partial charge in [0.15, 0.2) is 12.4 Å². The number of carbonyl (C=O) groups excluding carboxylic acids is 1. The van der Waals surface area contributed by atoms with Gasteiger partial charge in [-0.2, -0.15) is 5.10 Å². The lowest BCUT2D eigenvalue weighted by Crippen LogP contribution is -2.50. The fraction of sp³-hybridized carbons (Fsp3) is 0.421. The zero-order valence-corrected chi connectivity index (χ0v) is 15.2. The Labute approximate surface area is 157 Å². The molecule has 2 aliphatic rings. The number of benzene rings is 1. The molecule has 0 N–H and O–H groups in total. The zero-order valence-electron chi connectivity index (χ0n) is 14.5. The average molecular weight is 373 g/mol. The fourth-order valence-corrected chi connectivity index (χ4v) is 3.18. The highest BCUT2D eigenvalue weighted by Crippen LogP contribution is 2.38. The van der Waals surface area contributed by atoms with Gasteiger partial charge in [-0.1, -0.05) is 11.6 Å². The molecule has 136 valence electrons. The molecule has 7 heteroatoms. The van der Waals surface area contributed by atoms with E-state index in [1.807, 2.05) is 11.0 Å². The van der Waals surface area contributed by atoms with E-state index in [1.54, 1.807) is 24.3 Å². The summed E-state index contributed by atoms with van der Waals surface area (Å²) in [6, 6.07) is 11.1. The van der Waals surface area contributed by atoms with Crippen LogP contribution in [0.3, 0.4) is 0 Å². The van der Waals surface area contributed by atoms with E-state index in [2.05, 4.69) is 21.2 Å². The smallest absolute Gasteiger partial charge is 0.260 e. The topological polar surface area (TPSA) is 58.6 Å². The summed E-state index contributed by atoms with van der Waals surface area (Å²) in [5, 5.41) is 9.34. The van der Waals surface area contributed by atoms with Crippen molar-refractivity contribution < 1.29 is 9.53 Å². The maximum atomic E-state index is 12.3. The van der Waals surface area contributed by atoms with E-state index in [0.717, 1.165) is 24.6 Å². The number of aromatic nitrogens is 2. The summed E-state index contributed by atoms with van der Waals surface area (Å²) in [7, 11) is 0. The van der Waals surface area contributed by atoms with Crippen LogP contribution >= 0.6 is 11.6 Å². The lowest BCUT2D eigenvalue weighted by atomic mass is 10.2. The van der Waals surface area contributed by atoms with E-state index >= 15 is 0 Å². The van der Waals surface area contributed by atoms with Gasteiger partial charge < -0.3 is 14.5 Å². The van der Waals surface area contributed by atoms with Gasteiger partial charge in [-0.3, -0.25) is 4.79 Å². The van der Waals surface area contributed by atoms with Crippen molar-refractivity contribution in [1.82, 2.24) is 15.1 Å². The minimum absolute atomic E-state index is 0.00485. The molecule has 1 aromatic carbocycles. The first-order chi connectivity index (χ1) is 12.7. The molecule has 1 aliphatic carbocycles. The van der Waals surface area contributed by atoms with Crippen molar-refractivity contribution in [2.45, 2.75) is 18.8 Å². The van der Waals surface area contributed by atoms with Gasteiger partial charge in [0.1, 0.15) is 5.75 Å². The van der Waals surface area contributed by atoms with Crippen LogP contribution in [0.15, 0.2) is 36.4 Å². The number of carbonyl (C=O) groups is 1. The van der Waals surface area contributed by atoms with Crippen LogP contribution in [0.5, 0.6) is 5.75 Å². The number of hydrogen-bond donors (Lipinski definition) is 0. The predicted molar refractivity (Wildman–Crippen MR) is 99.7 cm³/mol. The monoisotopic (exact) mass is 372 g/mol. The predicted octanol–water partition coefficient (Wildman–Crippen LogP) is 2.74. The molecule has 2 heterocycles. The molecule has 0 atom stereocenters. The van der Waals surface area contributed by atoms with Crippen LogP contribution in [-0.2, 0) is 4.79 Å². The number of piperazine rings is 1. The molecule has 4 rings (SSSR count). The average Bonchev–Trinajstić information content (AvgIpc) is 3.53. The third kappa shape index (κ3) is 4.07. The maximum absolute atomic E-state index is 12.3. The number of halogens is 1. The Balaban J connectivity index is 1.25. The SMILES string of the molecule is O=C(COc1ccc(Cl)cc1)N1CCN(c2ccc(C3CC3)nn2)CC1. The summed E-state index contributed by atoms with van der Waals surface area (Å²) >= 11 is 5.84. The molecule has 0 radical (unpaired) electrons. The standard InChI is InChI=1S/C19H21ClN4O2/c20-15-3-5-16(6-4-15)26-13-19(25)24-11-9-23(10-12-24)18-8-7-17(21-22-18)14-1-2-14/h3-8,14H,1-2,9-13H2. The highest BCUT2D eigenvalue weighted by Gasteiger charge is 2.26. The van der Waals surface area contributed by atoms with Crippen LogP contribution < -0.4 is 9.64 Å². The third-order valence-corrected chi connectivity index (χ3v) is 5.05. The molecule has 0 spiro atoms. The number of amides is 1. The molecule has 0 unspecified atom stereocenters. The van der Waals surface area contributed by atoms with Gasteiger partial charge >= 0.3 is 0 Å². The second-order valence-electron chi connectivity index (χ2n) is 6.70. The molecule has 1 aromatic heterocycles. The first-order valence-electron chi connectivity index (χ1n) is 8.94. The van der Waals surface area contributed by atoms with Gasteiger partial charge in [-0.05, 0) is 49.2 Å². The van der Waals surface area contributed by atoms with E-state index in [9.17, 15) is 4.79 Å². The Morgan fingerprint density at radius 3 is 2.38 bits per heavy atom. The van der Waals surface area contributed by atoms with Crippen molar-refractivity contribution >= 4 is 23.3 Å². The molecular weight excluding hydrogens is 352 g/mol. The molecule has 1 aliphatic heterocycles. The van der Waals surface area contributed by atoms with Crippen LogP contribution in [-0.4, -0.2) is 53.8 Å². The van der Waals surface area contributed by atoms with Gasteiger partial charge in [0, 0.05) is 37.1 Å². The Hall–Kier alpha value is -2.34. The lowest BCUT2D eigenvalue weighted by molar-refractivity contribution is -0.133. The number of anilines is 1. The number of rotatable bonds is 5. The number of ether oxygens (including phenoxy) is 1. The molecule has 1 amide bonds. The molecule has 2 fully saturated rings. The second-order valence-corrected chi connectivity index (χ2v) is 7.14. The summed E-state index contributed by atoms with van der Waals surface area (Å²) in [6.45, 7) is 2.87. The van der Waals surface area contributed by atoms with Crippen molar-refractivity contribution in [2.24, 2.45) is 0 Å². The van der Waals surface area contributed by atoms with Crippen molar-refractivity contribution in [3.05, 3.63) is 47.1 Å². The summed E-state index contributed by atoms with van der Waals surface area (Å²) < 4.78 is 5.54. The van der Waals surface area contributed by atoms with Gasteiger partial charge in [-0.25, -0.2) is 0 Å². The largest absolute Gasteiger partial charge is 0.484 e. The van der Waals surface area contributed by atoms with Crippen LogP contribution in [0.25, 0.3) is 0 Å². The maximum Gasteiger partial charge on any atom is 0.260 e. The van der Waals surface area contributed by atoms with Gasteiger partial charge in [0.05, 0.1) is 5.69 Å². The normalized spacial score (nSPS) is 17.3. The van der Waals surface area contributed by atoms with Gasteiger partial charge in [0.2, 0.25) is 0 Å². The highest BCUT2D eigenvalue weighted by molar-refractivity contribution is 6.30. The summed E-state index contributed by atoms with van der Waals surface area (Å²) in [4.78, 5) is 16.3. The van der Waals surface area contributed by atoms with E-state index in [0.29, 0.717) is 29.8 Å². The van der Waals surface area contributed by atoms with Crippen LogP contribution in [0, 0.1) is 0 Å². The van der Waals surface area contributed by atoms with Gasteiger partial charge in [0.25, 0.3) is 5.91 Å².